The van der Waals surface area contributed by atoms with Crippen LogP contribution in [0.2, 0.25) is 0 Å². The van der Waals surface area contributed by atoms with Crippen LogP contribution in [-0.4, -0.2) is 39.0 Å². The molecule has 1 aliphatic heterocycles. The summed E-state index contributed by atoms with van der Waals surface area (Å²) in [6.45, 7) is 3.52. The van der Waals surface area contributed by atoms with Crippen LogP contribution in [0.15, 0.2) is 33.6 Å². The molecule has 2 aromatic heterocycles. The molecule has 8 heteroatoms. The van der Waals surface area contributed by atoms with Gasteiger partial charge in [0.1, 0.15) is 11.5 Å². The number of fused-ring (bicyclic) bond motifs is 1. The van der Waals surface area contributed by atoms with Crippen LogP contribution >= 0.6 is 0 Å². The number of imidazole rings is 1. The predicted octanol–water partition coefficient (Wildman–Crippen LogP) is 2.32. The minimum absolute atomic E-state index is 0.0517. The van der Waals surface area contributed by atoms with Gasteiger partial charge in [0.15, 0.2) is 0 Å². The van der Waals surface area contributed by atoms with Crippen molar-refractivity contribution in [2.45, 2.75) is 32.2 Å². The van der Waals surface area contributed by atoms with Gasteiger partial charge in [-0.15, -0.1) is 0 Å². The van der Waals surface area contributed by atoms with Crippen LogP contribution in [0.3, 0.4) is 0 Å². The fraction of sp³-hybridized carbons (Fsp3) is 0.389. The number of hydrogen-bond donors (Lipinski definition) is 3. The molecule has 0 aliphatic carbocycles. The Kier molecular flexibility index (Phi) is 4.34. The summed E-state index contributed by atoms with van der Waals surface area (Å²) in [5, 5.41) is 7.01. The van der Waals surface area contributed by atoms with Crippen molar-refractivity contribution in [3.63, 3.8) is 0 Å². The van der Waals surface area contributed by atoms with E-state index in [1.54, 1.807) is 18.2 Å². The smallest absolute Gasteiger partial charge is 0.323 e. The molecule has 3 N–H and O–H groups in total. The van der Waals surface area contributed by atoms with Crippen LogP contribution in [0, 0.1) is 6.92 Å². The van der Waals surface area contributed by atoms with E-state index in [-0.39, 0.29) is 17.6 Å². The zero-order valence-corrected chi connectivity index (χ0v) is 14.5. The lowest BCUT2D eigenvalue weighted by Crippen LogP contribution is -2.27. The molecule has 0 saturated carbocycles. The summed E-state index contributed by atoms with van der Waals surface area (Å²) in [6.07, 6.45) is 2.52. The molecule has 3 heterocycles. The topological polar surface area (TPSA) is 107 Å². The van der Waals surface area contributed by atoms with Crippen LogP contribution in [0.1, 0.15) is 36.8 Å². The fourth-order valence-electron chi connectivity index (χ4n) is 3.55. The Labute approximate surface area is 149 Å². The molecule has 1 atom stereocenters. The number of aryl methyl sites for hydroxylation is 1. The molecule has 136 valence electrons. The van der Waals surface area contributed by atoms with Gasteiger partial charge in [0, 0.05) is 24.7 Å². The number of rotatable bonds is 5. The van der Waals surface area contributed by atoms with Crippen molar-refractivity contribution in [1.82, 2.24) is 20.0 Å². The quantitative estimate of drug-likeness (QED) is 0.651. The van der Waals surface area contributed by atoms with E-state index >= 15 is 0 Å². The molecular weight excluding hydrogens is 334 g/mol. The van der Waals surface area contributed by atoms with Crippen molar-refractivity contribution in [3.05, 3.63) is 46.2 Å². The first-order chi connectivity index (χ1) is 12.6. The molecule has 1 aromatic carbocycles. The molecule has 4 rings (SSSR count). The summed E-state index contributed by atoms with van der Waals surface area (Å²) >= 11 is 0. The average Bonchev–Trinajstić information content (AvgIpc) is 3.31. The Hall–Kier alpha value is -2.87. The zero-order valence-electron chi connectivity index (χ0n) is 14.5. The number of anilines is 1. The highest BCUT2D eigenvalue weighted by atomic mass is 16.5. The van der Waals surface area contributed by atoms with Crippen LogP contribution in [0.4, 0.5) is 5.69 Å². The molecule has 3 aromatic rings. The summed E-state index contributed by atoms with van der Waals surface area (Å²) in [5.74, 6) is 0.756. The van der Waals surface area contributed by atoms with Crippen molar-refractivity contribution in [2.75, 3.05) is 18.4 Å². The predicted molar refractivity (Wildman–Crippen MR) is 97.0 cm³/mol. The van der Waals surface area contributed by atoms with Gasteiger partial charge in [-0.3, -0.25) is 9.69 Å². The first kappa shape index (κ1) is 16.6. The summed E-state index contributed by atoms with van der Waals surface area (Å²) in [5.41, 5.74) is 2.75. The van der Waals surface area contributed by atoms with E-state index in [2.05, 4.69) is 25.3 Å². The Bertz CT molecular complexity index is 986. The van der Waals surface area contributed by atoms with Gasteiger partial charge in [-0.1, -0.05) is 5.16 Å². The zero-order chi connectivity index (χ0) is 18.1. The first-order valence-electron chi connectivity index (χ1n) is 8.78. The molecule has 0 spiro atoms. The summed E-state index contributed by atoms with van der Waals surface area (Å²) in [7, 11) is 0. The number of nitrogens with one attached hydrogen (secondary N) is 3. The van der Waals surface area contributed by atoms with Crippen LogP contribution < -0.4 is 11.0 Å². The molecule has 1 saturated heterocycles. The number of aromatic amines is 2. The van der Waals surface area contributed by atoms with Gasteiger partial charge in [0.2, 0.25) is 5.91 Å². The molecule has 0 bridgehead atoms. The van der Waals surface area contributed by atoms with Crippen molar-refractivity contribution in [3.8, 4) is 0 Å². The van der Waals surface area contributed by atoms with Gasteiger partial charge in [0.05, 0.1) is 17.1 Å². The van der Waals surface area contributed by atoms with Crippen molar-refractivity contribution in [2.24, 2.45) is 0 Å². The minimum atomic E-state index is -0.258. The number of carbonyl (C=O) groups is 1. The van der Waals surface area contributed by atoms with Gasteiger partial charge >= 0.3 is 5.69 Å². The van der Waals surface area contributed by atoms with E-state index < -0.39 is 0 Å². The van der Waals surface area contributed by atoms with Crippen LogP contribution in [0.5, 0.6) is 0 Å². The number of aromatic nitrogens is 3. The summed E-state index contributed by atoms with van der Waals surface area (Å²) in [6, 6.07) is 7.49. The molecular formula is C18H21N5O3. The second-order valence-corrected chi connectivity index (χ2v) is 6.69. The van der Waals surface area contributed by atoms with Crippen molar-refractivity contribution in [1.29, 1.82) is 0 Å². The lowest BCUT2D eigenvalue weighted by atomic mass is 10.1. The van der Waals surface area contributed by atoms with Crippen molar-refractivity contribution >= 4 is 22.6 Å². The maximum Gasteiger partial charge on any atom is 0.323 e. The largest absolute Gasteiger partial charge is 0.361 e. The van der Waals surface area contributed by atoms with E-state index in [0.717, 1.165) is 36.4 Å². The second kappa shape index (κ2) is 6.80. The van der Waals surface area contributed by atoms with Gasteiger partial charge in [0.25, 0.3) is 0 Å². The molecule has 26 heavy (non-hydrogen) atoms. The third-order valence-electron chi connectivity index (χ3n) is 4.78. The lowest BCUT2D eigenvalue weighted by Gasteiger charge is -2.22. The van der Waals surface area contributed by atoms with Gasteiger partial charge < -0.3 is 19.8 Å². The number of benzene rings is 1. The van der Waals surface area contributed by atoms with E-state index in [4.69, 9.17) is 4.52 Å². The Balaban J connectivity index is 1.36. The Morgan fingerprint density at radius 1 is 1.35 bits per heavy atom. The molecule has 8 nitrogen and oxygen atoms in total. The third-order valence-corrected chi connectivity index (χ3v) is 4.78. The SMILES string of the molecule is Cc1cc([C@@H]2CCCN2CCC(=O)Nc2ccc3[nH]c(=O)[nH]c3c2)no1. The number of nitrogens with zero attached hydrogens (tertiary/aromatic N) is 2. The van der Waals surface area contributed by atoms with E-state index in [1.165, 1.54) is 0 Å². The van der Waals surface area contributed by atoms with Crippen LogP contribution in [0.25, 0.3) is 11.0 Å². The summed E-state index contributed by atoms with van der Waals surface area (Å²) in [4.78, 5) is 31.3. The molecule has 0 unspecified atom stereocenters. The van der Waals surface area contributed by atoms with Crippen LogP contribution in [-0.2, 0) is 4.79 Å². The fourth-order valence-corrected chi connectivity index (χ4v) is 3.55. The highest BCUT2D eigenvalue weighted by Crippen LogP contribution is 2.31. The minimum Gasteiger partial charge on any atom is -0.361 e. The molecule has 0 radical (unpaired) electrons. The Morgan fingerprint density at radius 3 is 3.00 bits per heavy atom. The highest BCUT2D eigenvalue weighted by molar-refractivity contribution is 5.93. The van der Waals surface area contributed by atoms with Crippen molar-refractivity contribution < 1.29 is 9.32 Å². The van der Waals surface area contributed by atoms with Gasteiger partial charge in [-0.2, -0.15) is 0 Å². The monoisotopic (exact) mass is 355 g/mol. The number of H-pyrrole nitrogens is 2. The summed E-state index contributed by atoms with van der Waals surface area (Å²) < 4.78 is 5.18. The Morgan fingerprint density at radius 2 is 2.19 bits per heavy atom. The normalized spacial score (nSPS) is 17.8. The molecule has 1 amide bonds. The number of hydrogen-bond acceptors (Lipinski definition) is 5. The van der Waals surface area contributed by atoms with Gasteiger partial charge in [-0.05, 0) is 44.5 Å². The number of likely N-dealkylation sites (tertiary alicyclic amines) is 1. The standard InChI is InChI=1S/C18H21N5O3/c1-11-9-15(22-26-11)16-3-2-7-23(16)8-6-17(24)19-12-4-5-13-14(10-12)21-18(25)20-13/h4-5,9-10,16H,2-3,6-8H2,1H3,(H,19,24)(H2,20,21,25)/t16-/m0/s1. The third kappa shape index (κ3) is 3.41. The van der Waals surface area contributed by atoms with Gasteiger partial charge in [-0.25, -0.2) is 4.79 Å². The maximum absolute atomic E-state index is 12.3. The second-order valence-electron chi connectivity index (χ2n) is 6.69. The van der Waals surface area contributed by atoms with E-state index in [9.17, 15) is 9.59 Å². The average molecular weight is 355 g/mol. The lowest BCUT2D eigenvalue weighted by molar-refractivity contribution is -0.116. The highest BCUT2D eigenvalue weighted by Gasteiger charge is 2.28. The van der Waals surface area contributed by atoms with E-state index in [1.807, 2.05) is 13.0 Å². The number of carbonyl (C=O) groups excluding carboxylic acids is 1. The number of amides is 1. The first-order valence-corrected chi connectivity index (χ1v) is 8.78. The maximum atomic E-state index is 12.3. The molecule has 1 fully saturated rings. The molecule has 1 aliphatic rings. The van der Waals surface area contributed by atoms with E-state index in [0.29, 0.717) is 24.2 Å².